The summed E-state index contributed by atoms with van der Waals surface area (Å²) < 4.78 is 13.4. The van der Waals surface area contributed by atoms with Crippen LogP contribution in [-0.2, 0) is 6.61 Å². The zero-order valence-corrected chi connectivity index (χ0v) is 8.54. The van der Waals surface area contributed by atoms with Crippen LogP contribution >= 0.6 is 0 Å². The maximum Gasteiger partial charge on any atom is 0.130 e. The number of benzene rings is 1. The molecule has 0 atom stereocenters. The van der Waals surface area contributed by atoms with Gasteiger partial charge in [0.25, 0.3) is 0 Å². The molecule has 3 nitrogen and oxygen atoms in total. The molecule has 1 aliphatic rings. The van der Waals surface area contributed by atoms with Crippen molar-refractivity contribution in [2.75, 3.05) is 31.1 Å². The Labute approximate surface area is 88.5 Å². The van der Waals surface area contributed by atoms with E-state index in [-0.39, 0.29) is 12.4 Å². The number of nitrogens with zero attached hydrogens (tertiary/aromatic N) is 1. The molecule has 1 aromatic rings. The third-order valence-corrected chi connectivity index (χ3v) is 2.69. The first-order valence-corrected chi connectivity index (χ1v) is 5.16. The van der Waals surface area contributed by atoms with Crippen LogP contribution in [0.15, 0.2) is 18.2 Å². The summed E-state index contributed by atoms with van der Waals surface area (Å²) in [5.74, 6) is -0.325. The van der Waals surface area contributed by atoms with E-state index in [0.29, 0.717) is 5.56 Å². The van der Waals surface area contributed by atoms with E-state index in [0.717, 1.165) is 31.9 Å². The van der Waals surface area contributed by atoms with Crippen molar-refractivity contribution in [3.63, 3.8) is 0 Å². The van der Waals surface area contributed by atoms with Gasteiger partial charge in [0.15, 0.2) is 0 Å². The van der Waals surface area contributed by atoms with E-state index in [2.05, 4.69) is 10.2 Å². The van der Waals surface area contributed by atoms with E-state index in [4.69, 9.17) is 5.11 Å². The van der Waals surface area contributed by atoms with E-state index in [1.54, 1.807) is 6.07 Å². The van der Waals surface area contributed by atoms with Crippen molar-refractivity contribution >= 4 is 5.69 Å². The molecule has 1 saturated heterocycles. The average Bonchev–Trinajstić information content (AvgIpc) is 2.30. The molecule has 1 heterocycles. The lowest BCUT2D eigenvalue weighted by Gasteiger charge is -2.29. The highest BCUT2D eigenvalue weighted by atomic mass is 19.1. The molecule has 0 saturated carbocycles. The largest absolute Gasteiger partial charge is 0.392 e. The van der Waals surface area contributed by atoms with Crippen molar-refractivity contribution < 1.29 is 9.50 Å². The van der Waals surface area contributed by atoms with E-state index in [1.165, 1.54) is 6.07 Å². The molecule has 15 heavy (non-hydrogen) atoms. The fourth-order valence-corrected chi connectivity index (χ4v) is 1.78. The summed E-state index contributed by atoms with van der Waals surface area (Å²) >= 11 is 0. The molecule has 1 fully saturated rings. The molecule has 2 N–H and O–H groups in total. The molecule has 0 radical (unpaired) electrons. The van der Waals surface area contributed by atoms with Gasteiger partial charge in [-0.2, -0.15) is 0 Å². The zero-order valence-electron chi connectivity index (χ0n) is 8.54. The highest BCUT2D eigenvalue weighted by molar-refractivity contribution is 5.48. The zero-order chi connectivity index (χ0) is 10.7. The van der Waals surface area contributed by atoms with Crippen molar-refractivity contribution in [3.05, 3.63) is 29.6 Å². The molecule has 1 aliphatic heterocycles. The smallest absolute Gasteiger partial charge is 0.130 e. The number of hydrogen-bond donors (Lipinski definition) is 2. The average molecular weight is 210 g/mol. The SMILES string of the molecule is OCc1ccc(N2CCNCC2)cc1F. The Morgan fingerprint density at radius 3 is 2.67 bits per heavy atom. The van der Waals surface area contributed by atoms with Gasteiger partial charge in [0.1, 0.15) is 5.82 Å². The Bertz CT molecular complexity index is 337. The predicted molar refractivity (Wildman–Crippen MR) is 57.4 cm³/mol. The van der Waals surface area contributed by atoms with Crippen molar-refractivity contribution in [2.45, 2.75) is 6.61 Å². The van der Waals surface area contributed by atoms with Crippen LogP contribution in [-0.4, -0.2) is 31.3 Å². The van der Waals surface area contributed by atoms with Crippen LogP contribution < -0.4 is 10.2 Å². The molecule has 0 aliphatic carbocycles. The molecule has 2 rings (SSSR count). The van der Waals surface area contributed by atoms with Gasteiger partial charge < -0.3 is 15.3 Å². The highest BCUT2D eigenvalue weighted by Crippen LogP contribution is 2.19. The van der Waals surface area contributed by atoms with Gasteiger partial charge in [-0.25, -0.2) is 4.39 Å². The minimum absolute atomic E-state index is 0.242. The summed E-state index contributed by atoms with van der Waals surface area (Å²) in [6, 6.07) is 5.00. The Balaban J connectivity index is 2.17. The highest BCUT2D eigenvalue weighted by Gasteiger charge is 2.11. The van der Waals surface area contributed by atoms with Gasteiger partial charge in [-0.3, -0.25) is 0 Å². The molecule has 0 spiro atoms. The Hall–Kier alpha value is -1.13. The molecule has 0 amide bonds. The number of halogens is 1. The fourth-order valence-electron chi connectivity index (χ4n) is 1.78. The molecular weight excluding hydrogens is 195 g/mol. The van der Waals surface area contributed by atoms with Crippen LogP contribution in [0.5, 0.6) is 0 Å². The minimum atomic E-state index is -0.325. The predicted octanol–water partition coefficient (Wildman–Crippen LogP) is 0.728. The van der Waals surface area contributed by atoms with Crippen LogP contribution in [0.3, 0.4) is 0 Å². The number of hydrogen-bond acceptors (Lipinski definition) is 3. The van der Waals surface area contributed by atoms with Gasteiger partial charge in [-0.1, -0.05) is 6.07 Å². The summed E-state index contributed by atoms with van der Waals surface area (Å²) in [6.45, 7) is 3.43. The summed E-state index contributed by atoms with van der Waals surface area (Å²) in [5.41, 5.74) is 1.25. The van der Waals surface area contributed by atoms with E-state index in [1.807, 2.05) is 6.07 Å². The van der Waals surface area contributed by atoms with E-state index >= 15 is 0 Å². The number of rotatable bonds is 2. The van der Waals surface area contributed by atoms with Gasteiger partial charge in [0.05, 0.1) is 6.61 Å². The molecule has 4 heteroatoms. The second-order valence-corrected chi connectivity index (χ2v) is 3.67. The first kappa shape index (κ1) is 10.4. The maximum atomic E-state index is 13.4. The summed E-state index contributed by atoms with van der Waals surface area (Å²) in [7, 11) is 0. The van der Waals surface area contributed by atoms with Crippen LogP contribution in [0.1, 0.15) is 5.56 Å². The monoisotopic (exact) mass is 210 g/mol. The van der Waals surface area contributed by atoms with Gasteiger partial charge >= 0.3 is 0 Å². The molecule has 0 bridgehead atoms. The van der Waals surface area contributed by atoms with Crippen molar-refractivity contribution in [1.29, 1.82) is 0 Å². The van der Waals surface area contributed by atoms with Crippen LogP contribution in [0.25, 0.3) is 0 Å². The second-order valence-electron chi connectivity index (χ2n) is 3.67. The van der Waals surface area contributed by atoms with Crippen LogP contribution in [0, 0.1) is 5.82 Å². The Morgan fingerprint density at radius 1 is 1.33 bits per heavy atom. The Kier molecular flexibility index (Phi) is 3.18. The Morgan fingerprint density at radius 2 is 2.07 bits per heavy atom. The van der Waals surface area contributed by atoms with Crippen molar-refractivity contribution in [3.8, 4) is 0 Å². The number of anilines is 1. The second kappa shape index (κ2) is 4.59. The maximum absolute atomic E-state index is 13.4. The number of aliphatic hydroxyl groups excluding tert-OH is 1. The van der Waals surface area contributed by atoms with Gasteiger partial charge in [0, 0.05) is 37.4 Å². The first-order valence-electron chi connectivity index (χ1n) is 5.16. The number of nitrogens with one attached hydrogen (secondary N) is 1. The third kappa shape index (κ3) is 2.27. The third-order valence-electron chi connectivity index (χ3n) is 2.69. The lowest BCUT2D eigenvalue weighted by Crippen LogP contribution is -2.43. The van der Waals surface area contributed by atoms with Crippen LogP contribution in [0.2, 0.25) is 0 Å². The minimum Gasteiger partial charge on any atom is -0.392 e. The first-order chi connectivity index (χ1) is 7.31. The van der Waals surface area contributed by atoms with Crippen molar-refractivity contribution in [1.82, 2.24) is 5.32 Å². The van der Waals surface area contributed by atoms with Gasteiger partial charge in [0.2, 0.25) is 0 Å². The normalized spacial score (nSPS) is 16.8. The van der Waals surface area contributed by atoms with Crippen molar-refractivity contribution in [2.24, 2.45) is 0 Å². The van der Waals surface area contributed by atoms with E-state index in [9.17, 15) is 4.39 Å². The van der Waals surface area contributed by atoms with Gasteiger partial charge in [-0.05, 0) is 12.1 Å². The number of piperazine rings is 1. The molecule has 0 aromatic heterocycles. The fraction of sp³-hybridized carbons (Fsp3) is 0.455. The van der Waals surface area contributed by atoms with E-state index < -0.39 is 0 Å². The summed E-state index contributed by atoms with van der Waals surface area (Å²) in [4.78, 5) is 2.14. The molecular formula is C11H15FN2O. The molecule has 1 aromatic carbocycles. The van der Waals surface area contributed by atoms with Crippen LogP contribution in [0.4, 0.5) is 10.1 Å². The molecule has 82 valence electrons. The van der Waals surface area contributed by atoms with Gasteiger partial charge in [-0.15, -0.1) is 0 Å². The number of aliphatic hydroxyl groups is 1. The topological polar surface area (TPSA) is 35.5 Å². The summed E-state index contributed by atoms with van der Waals surface area (Å²) in [6.07, 6.45) is 0. The lowest BCUT2D eigenvalue weighted by molar-refractivity contribution is 0.276. The quantitative estimate of drug-likeness (QED) is 0.755. The lowest BCUT2D eigenvalue weighted by atomic mass is 10.2. The summed E-state index contributed by atoms with van der Waals surface area (Å²) in [5, 5.41) is 12.1. The molecule has 0 unspecified atom stereocenters. The standard InChI is InChI=1S/C11H15FN2O/c12-11-7-10(2-1-9(11)8-15)14-5-3-13-4-6-14/h1-2,7,13,15H,3-6,8H2.